The summed E-state index contributed by atoms with van der Waals surface area (Å²) >= 11 is 5.62. The third-order valence-electron chi connectivity index (χ3n) is 1.63. The minimum absolute atomic E-state index is 0.0509. The Kier molecular flexibility index (Phi) is 2.17. The van der Waals surface area contributed by atoms with Crippen molar-refractivity contribution in [2.24, 2.45) is 0 Å². The molecule has 0 saturated heterocycles. The smallest absolute Gasteiger partial charge is 0.229 e. The summed E-state index contributed by atoms with van der Waals surface area (Å²) in [7, 11) is 0. The normalized spacial score (nSPS) is 10.5. The Morgan fingerprint density at radius 1 is 1.14 bits per heavy atom. The van der Waals surface area contributed by atoms with E-state index in [9.17, 15) is 8.78 Å². The summed E-state index contributed by atoms with van der Waals surface area (Å²) in [6.45, 7) is 0. The van der Waals surface area contributed by atoms with E-state index in [1.54, 1.807) is 0 Å². The molecule has 1 aromatic carbocycles. The van der Waals surface area contributed by atoms with Crippen LogP contribution in [0.4, 0.5) is 8.78 Å². The third kappa shape index (κ3) is 1.58. The van der Waals surface area contributed by atoms with Crippen molar-refractivity contribution in [1.29, 1.82) is 0 Å². The summed E-state index contributed by atoms with van der Waals surface area (Å²) in [4.78, 5) is 0. The number of hydrogen-bond acceptors (Lipinski definition) is 2. The molecule has 0 bridgehead atoms. The van der Waals surface area contributed by atoms with Crippen molar-refractivity contribution in [3.05, 3.63) is 41.4 Å². The molecule has 0 atom stereocenters. The lowest BCUT2D eigenvalue weighted by molar-refractivity contribution is 0.581. The molecule has 2 aromatic rings. The number of halogens is 3. The predicted molar refractivity (Wildman–Crippen MR) is 46.3 cm³/mol. The lowest BCUT2D eigenvalue weighted by atomic mass is 10.3. The first-order valence-corrected chi connectivity index (χ1v) is 4.06. The molecule has 0 fully saturated rings. The molecule has 6 heteroatoms. The zero-order valence-corrected chi connectivity index (χ0v) is 7.54. The van der Waals surface area contributed by atoms with Crippen molar-refractivity contribution >= 4 is 11.6 Å². The maximum Gasteiger partial charge on any atom is 0.229 e. The molecule has 0 radical (unpaired) electrons. The number of rotatable bonds is 1. The van der Waals surface area contributed by atoms with Crippen LogP contribution < -0.4 is 0 Å². The van der Waals surface area contributed by atoms with Gasteiger partial charge in [-0.2, -0.15) is 0 Å². The Balaban J connectivity index is 2.57. The van der Waals surface area contributed by atoms with Gasteiger partial charge in [0.15, 0.2) is 0 Å². The second-order valence-electron chi connectivity index (χ2n) is 2.60. The van der Waals surface area contributed by atoms with E-state index in [0.717, 1.165) is 18.2 Å². The van der Waals surface area contributed by atoms with E-state index in [4.69, 9.17) is 11.6 Å². The first kappa shape index (κ1) is 9.08. The van der Waals surface area contributed by atoms with Crippen LogP contribution in [0, 0.1) is 11.6 Å². The molecule has 1 aromatic heterocycles. The van der Waals surface area contributed by atoms with Gasteiger partial charge in [0.25, 0.3) is 0 Å². The number of hydrogen-bond donors (Lipinski definition) is 0. The molecule has 3 nitrogen and oxygen atoms in total. The van der Waals surface area contributed by atoms with E-state index in [2.05, 4.69) is 10.2 Å². The second kappa shape index (κ2) is 3.34. The van der Waals surface area contributed by atoms with Crippen molar-refractivity contribution in [3.8, 4) is 5.69 Å². The van der Waals surface area contributed by atoms with Gasteiger partial charge in [0.05, 0.1) is 5.69 Å². The van der Waals surface area contributed by atoms with Gasteiger partial charge in [-0.15, -0.1) is 10.2 Å². The SMILES string of the molecule is Fc1cc(F)cc(-n2cnnc2Cl)c1. The molecular weight excluding hydrogens is 212 g/mol. The third-order valence-corrected chi connectivity index (χ3v) is 1.89. The summed E-state index contributed by atoms with van der Waals surface area (Å²) in [5.41, 5.74) is 0.248. The van der Waals surface area contributed by atoms with E-state index in [1.807, 2.05) is 0 Å². The highest BCUT2D eigenvalue weighted by molar-refractivity contribution is 6.28. The molecule has 14 heavy (non-hydrogen) atoms. The Morgan fingerprint density at radius 2 is 1.79 bits per heavy atom. The fraction of sp³-hybridized carbons (Fsp3) is 0. The van der Waals surface area contributed by atoms with Gasteiger partial charge in [-0.25, -0.2) is 8.78 Å². The van der Waals surface area contributed by atoms with Crippen LogP contribution in [-0.4, -0.2) is 14.8 Å². The van der Waals surface area contributed by atoms with Gasteiger partial charge in [-0.05, 0) is 23.7 Å². The molecule has 0 amide bonds. The molecule has 0 unspecified atom stereocenters. The Bertz CT molecular complexity index is 449. The molecule has 1 heterocycles. The topological polar surface area (TPSA) is 30.7 Å². The monoisotopic (exact) mass is 215 g/mol. The van der Waals surface area contributed by atoms with Gasteiger partial charge in [0.1, 0.15) is 18.0 Å². The van der Waals surface area contributed by atoms with E-state index in [0.29, 0.717) is 0 Å². The Hall–Kier alpha value is -1.49. The fourth-order valence-electron chi connectivity index (χ4n) is 1.07. The summed E-state index contributed by atoms with van der Waals surface area (Å²) < 4.78 is 26.9. The zero-order chi connectivity index (χ0) is 10.1. The highest BCUT2D eigenvalue weighted by Gasteiger charge is 2.06. The van der Waals surface area contributed by atoms with Gasteiger partial charge in [0, 0.05) is 6.07 Å². The molecular formula is C8H4ClF2N3. The summed E-state index contributed by atoms with van der Waals surface area (Å²) in [6.07, 6.45) is 1.27. The highest BCUT2D eigenvalue weighted by atomic mass is 35.5. The molecule has 0 saturated carbocycles. The van der Waals surface area contributed by atoms with Crippen molar-refractivity contribution in [3.63, 3.8) is 0 Å². The van der Waals surface area contributed by atoms with Gasteiger partial charge < -0.3 is 0 Å². The van der Waals surface area contributed by atoms with Crippen LogP contribution in [0.1, 0.15) is 0 Å². The molecule has 0 aliphatic rings. The van der Waals surface area contributed by atoms with E-state index >= 15 is 0 Å². The van der Waals surface area contributed by atoms with Crippen LogP contribution in [0.15, 0.2) is 24.5 Å². The Morgan fingerprint density at radius 3 is 2.29 bits per heavy atom. The lowest BCUT2D eigenvalue weighted by Gasteiger charge is -2.02. The van der Waals surface area contributed by atoms with Crippen molar-refractivity contribution in [2.45, 2.75) is 0 Å². The second-order valence-corrected chi connectivity index (χ2v) is 2.94. The highest BCUT2D eigenvalue weighted by Crippen LogP contribution is 2.15. The number of benzene rings is 1. The van der Waals surface area contributed by atoms with E-state index in [-0.39, 0.29) is 11.0 Å². The summed E-state index contributed by atoms with van der Waals surface area (Å²) in [5, 5.41) is 7.03. The fourth-order valence-corrected chi connectivity index (χ4v) is 1.26. The average molecular weight is 216 g/mol. The molecule has 0 aliphatic heterocycles. The molecule has 0 aliphatic carbocycles. The number of aromatic nitrogens is 3. The predicted octanol–water partition coefficient (Wildman–Crippen LogP) is 2.20. The summed E-state index contributed by atoms with van der Waals surface area (Å²) in [5.74, 6) is -1.35. The maximum absolute atomic E-state index is 12.8. The van der Waals surface area contributed by atoms with E-state index < -0.39 is 11.6 Å². The number of nitrogens with zero attached hydrogens (tertiary/aromatic N) is 3. The van der Waals surface area contributed by atoms with Crippen LogP contribution in [0.3, 0.4) is 0 Å². The van der Waals surface area contributed by atoms with Crippen molar-refractivity contribution < 1.29 is 8.78 Å². The van der Waals surface area contributed by atoms with Gasteiger partial charge in [0.2, 0.25) is 5.28 Å². The summed E-state index contributed by atoms with van der Waals surface area (Å²) in [6, 6.07) is 3.05. The van der Waals surface area contributed by atoms with Crippen LogP contribution in [0.5, 0.6) is 0 Å². The largest absolute Gasteiger partial charge is 0.272 e. The van der Waals surface area contributed by atoms with Crippen molar-refractivity contribution in [1.82, 2.24) is 14.8 Å². The van der Waals surface area contributed by atoms with Gasteiger partial charge in [-0.1, -0.05) is 0 Å². The van der Waals surface area contributed by atoms with Crippen molar-refractivity contribution in [2.75, 3.05) is 0 Å². The first-order valence-electron chi connectivity index (χ1n) is 3.69. The average Bonchev–Trinajstić information content (AvgIpc) is 2.49. The minimum Gasteiger partial charge on any atom is -0.272 e. The quantitative estimate of drug-likeness (QED) is 0.730. The Labute approximate surface area is 82.9 Å². The zero-order valence-electron chi connectivity index (χ0n) is 6.78. The maximum atomic E-state index is 12.8. The lowest BCUT2D eigenvalue weighted by Crippen LogP contribution is -1.94. The van der Waals surface area contributed by atoms with E-state index in [1.165, 1.54) is 10.9 Å². The molecule has 0 N–H and O–H groups in total. The van der Waals surface area contributed by atoms with Crippen LogP contribution in [0.2, 0.25) is 5.28 Å². The van der Waals surface area contributed by atoms with Crippen LogP contribution >= 0.6 is 11.6 Å². The molecule has 0 spiro atoms. The van der Waals surface area contributed by atoms with Gasteiger partial charge >= 0.3 is 0 Å². The first-order chi connectivity index (χ1) is 6.66. The molecule has 2 rings (SSSR count). The van der Waals surface area contributed by atoms with Gasteiger partial charge in [-0.3, -0.25) is 4.57 Å². The van der Waals surface area contributed by atoms with Crippen LogP contribution in [-0.2, 0) is 0 Å². The standard InChI is InChI=1S/C8H4ClF2N3/c9-8-13-12-4-14(8)7-2-5(10)1-6(11)3-7/h1-4H. The van der Waals surface area contributed by atoms with Crippen LogP contribution in [0.25, 0.3) is 5.69 Å². The minimum atomic E-state index is -0.676. The molecule has 72 valence electrons.